The van der Waals surface area contributed by atoms with Gasteiger partial charge in [-0.15, -0.1) is 0 Å². The van der Waals surface area contributed by atoms with Crippen LogP contribution in [-0.2, 0) is 0 Å². The zero-order chi connectivity index (χ0) is 21.5. The summed E-state index contributed by atoms with van der Waals surface area (Å²) in [6.45, 7) is 0. The van der Waals surface area contributed by atoms with Crippen LogP contribution < -0.4 is 4.74 Å². The molecule has 0 unspecified atom stereocenters. The lowest BCUT2D eigenvalue weighted by Gasteiger charge is -2.18. The quantitative estimate of drug-likeness (QED) is 0.311. The molecule has 0 aliphatic rings. The first-order valence-electron chi connectivity index (χ1n) is 10.6. The van der Waals surface area contributed by atoms with Gasteiger partial charge in [0.25, 0.3) is 0 Å². The summed E-state index contributed by atoms with van der Waals surface area (Å²) in [4.78, 5) is 6.91. The highest BCUT2D eigenvalue weighted by molar-refractivity contribution is 5.89. The Balaban J connectivity index is 1.62. The second kappa shape index (κ2) is 7.46. The first kappa shape index (κ1) is 18.5. The highest BCUT2D eigenvalue weighted by atomic mass is 16.5. The fraction of sp³-hybridized carbons (Fsp3) is 0.0741. The Morgan fingerprint density at radius 3 is 2.06 bits per heavy atom. The number of rotatable bonds is 5. The standard InChI is InChI=1S/C27H22N4O/c1-32-18-8-6-7-17(13-18)27-23(16-30-31-27)26(21-14-28-24-11-4-2-9-19(21)24)22-15-29-25-12-5-3-10-20(22)25/h2-16,26,28-29H,1H3,(H,30,31). The van der Waals surface area contributed by atoms with Gasteiger partial charge in [0.2, 0.25) is 0 Å². The highest BCUT2D eigenvalue weighted by Gasteiger charge is 2.27. The molecular formula is C27H22N4O. The fourth-order valence-corrected chi connectivity index (χ4v) is 4.69. The Kier molecular flexibility index (Phi) is 4.32. The molecule has 3 heterocycles. The number of nitrogens with one attached hydrogen (secondary N) is 3. The van der Waals surface area contributed by atoms with Crippen LogP contribution in [0.2, 0.25) is 0 Å². The third-order valence-corrected chi connectivity index (χ3v) is 6.20. The van der Waals surface area contributed by atoms with Crippen LogP contribution in [-0.4, -0.2) is 27.3 Å². The van der Waals surface area contributed by atoms with Gasteiger partial charge < -0.3 is 14.7 Å². The topological polar surface area (TPSA) is 69.5 Å². The van der Waals surface area contributed by atoms with Crippen molar-refractivity contribution in [3.8, 4) is 17.0 Å². The van der Waals surface area contributed by atoms with Gasteiger partial charge >= 0.3 is 0 Å². The molecule has 0 aliphatic carbocycles. The van der Waals surface area contributed by atoms with Crippen molar-refractivity contribution >= 4 is 21.8 Å². The van der Waals surface area contributed by atoms with E-state index in [9.17, 15) is 0 Å². The normalized spacial score (nSPS) is 11.6. The summed E-state index contributed by atoms with van der Waals surface area (Å²) >= 11 is 0. The molecule has 6 aromatic rings. The average Bonchev–Trinajstić information content (AvgIpc) is 3.59. The number of methoxy groups -OCH3 is 1. The van der Waals surface area contributed by atoms with Gasteiger partial charge in [-0.1, -0.05) is 48.5 Å². The van der Waals surface area contributed by atoms with Crippen molar-refractivity contribution in [2.45, 2.75) is 5.92 Å². The average molecular weight is 419 g/mol. The lowest BCUT2D eigenvalue weighted by Crippen LogP contribution is -2.03. The molecule has 5 nitrogen and oxygen atoms in total. The maximum absolute atomic E-state index is 5.47. The fourth-order valence-electron chi connectivity index (χ4n) is 4.69. The number of hydrogen-bond acceptors (Lipinski definition) is 2. The summed E-state index contributed by atoms with van der Waals surface area (Å²) in [5.41, 5.74) is 7.84. The van der Waals surface area contributed by atoms with Gasteiger partial charge in [0, 0.05) is 51.2 Å². The molecular weight excluding hydrogens is 396 g/mol. The summed E-state index contributed by atoms with van der Waals surface area (Å²) in [5.74, 6) is 0.807. The number of aromatic nitrogens is 4. The Morgan fingerprint density at radius 1 is 0.750 bits per heavy atom. The number of hydrogen-bond donors (Lipinski definition) is 3. The zero-order valence-corrected chi connectivity index (χ0v) is 17.6. The molecule has 156 valence electrons. The number of fused-ring (bicyclic) bond motifs is 2. The van der Waals surface area contributed by atoms with Crippen LogP contribution in [0.3, 0.4) is 0 Å². The molecule has 3 aromatic heterocycles. The molecule has 3 N–H and O–H groups in total. The van der Waals surface area contributed by atoms with Crippen molar-refractivity contribution in [3.05, 3.63) is 108 Å². The van der Waals surface area contributed by atoms with Crippen molar-refractivity contribution in [1.82, 2.24) is 20.2 Å². The van der Waals surface area contributed by atoms with Crippen LogP contribution >= 0.6 is 0 Å². The Labute approximate surface area is 185 Å². The first-order chi connectivity index (χ1) is 15.8. The van der Waals surface area contributed by atoms with E-state index >= 15 is 0 Å². The number of para-hydroxylation sites is 2. The largest absolute Gasteiger partial charge is 0.497 e. The number of H-pyrrole nitrogens is 3. The predicted molar refractivity (Wildman–Crippen MR) is 128 cm³/mol. The van der Waals surface area contributed by atoms with Gasteiger partial charge in [-0.2, -0.15) is 5.10 Å². The lowest BCUT2D eigenvalue weighted by atomic mass is 9.84. The monoisotopic (exact) mass is 418 g/mol. The highest BCUT2D eigenvalue weighted by Crippen LogP contribution is 2.42. The summed E-state index contributed by atoms with van der Waals surface area (Å²) < 4.78 is 5.47. The van der Waals surface area contributed by atoms with Crippen molar-refractivity contribution in [2.24, 2.45) is 0 Å². The minimum absolute atomic E-state index is 0.0118. The van der Waals surface area contributed by atoms with E-state index in [0.29, 0.717) is 0 Å². The van der Waals surface area contributed by atoms with E-state index in [1.807, 2.05) is 24.4 Å². The van der Waals surface area contributed by atoms with Crippen LogP contribution in [0.1, 0.15) is 22.6 Å². The van der Waals surface area contributed by atoms with Gasteiger partial charge in [0.05, 0.1) is 19.0 Å². The van der Waals surface area contributed by atoms with Gasteiger partial charge in [0.15, 0.2) is 0 Å². The van der Waals surface area contributed by atoms with Crippen molar-refractivity contribution < 1.29 is 4.74 Å². The summed E-state index contributed by atoms with van der Waals surface area (Å²) in [5, 5.41) is 10.1. The van der Waals surface area contributed by atoms with Crippen LogP contribution in [0.5, 0.6) is 5.75 Å². The van der Waals surface area contributed by atoms with Crippen LogP contribution in [0.25, 0.3) is 33.1 Å². The molecule has 32 heavy (non-hydrogen) atoms. The molecule has 0 atom stereocenters. The van der Waals surface area contributed by atoms with Gasteiger partial charge in [-0.25, -0.2) is 0 Å². The second-order valence-electron chi connectivity index (χ2n) is 7.94. The van der Waals surface area contributed by atoms with E-state index < -0.39 is 0 Å². The molecule has 3 aromatic carbocycles. The molecule has 0 saturated carbocycles. The predicted octanol–water partition coefficient (Wildman–Crippen LogP) is 6.23. The number of nitrogens with zero attached hydrogens (tertiary/aromatic N) is 1. The zero-order valence-electron chi connectivity index (χ0n) is 17.6. The summed E-state index contributed by atoms with van der Waals surface area (Å²) in [6.07, 6.45) is 6.20. The number of benzene rings is 3. The van der Waals surface area contributed by atoms with E-state index in [4.69, 9.17) is 4.74 Å². The van der Waals surface area contributed by atoms with E-state index in [1.165, 1.54) is 21.9 Å². The first-order valence-corrected chi connectivity index (χ1v) is 10.6. The SMILES string of the molecule is COc1cccc(-c2[nH]ncc2C(c2c[nH]c3ccccc23)c2c[nH]c3ccccc23)c1. The van der Waals surface area contributed by atoms with E-state index in [-0.39, 0.29) is 5.92 Å². The summed E-state index contributed by atoms with van der Waals surface area (Å²) in [6, 6.07) is 25.0. The summed E-state index contributed by atoms with van der Waals surface area (Å²) in [7, 11) is 1.69. The molecule has 0 amide bonds. The molecule has 0 radical (unpaired) electrons. The van der Waals surface area contributed by atoms with Crippen LogP contribution in [0, 0.1) is 0 Å². The number of ether oxygens (including phenoxy) is 1. The molecule has 0 spiro atoms. The Hall–Kier alpha value is -4.25. The smallest absolute Gasteiger partial charge is 0.119 e. The third kappa shape index (κ3) is 2.90. The second-order valence-corrected chi connectivity index (χ2v) is 7.94. The van der Waals surface area contributed by atoms with Crippen molar-refractivity contribution in [2.75, 3.05) is 7.11 Å². The molecule has 0 fully saturated rings. The Bertz CT molecular complexity index is 1460. The maximum Gasteiger partial charge on any atom is 0.119 e. The maximum atomic E-state index is 5.47. The van der Waals surface area contributed by atoms with E-state index in [0.717, 1.165) is 33.6 Å². The number of aromatic amines is 3. The van der Waals surface area contributed by atoms with Crippen LogP contribution in [0.4, 0.5) is 0 Å². The molecule has 5 heteroatoms. The van der Waals surface area contributed by atoms with Crippen molar-refractivity contribution in [3.63, 3.8) is 0 Å². The Morgan fingerprint density at radius 2 is 1.41 bits per heavy atom. The molecule has 6 rings (SSSR count). The molecule has 0 bridgehead atoms. The van der Waals surface area contributed by atoms with Gasteiger partial charge in [-0.05, 0) is 35.4 Å². The van der Waals surface area contributed by atoms with E-state index in [2.05, 4.69) is 87.2 Å². The molecule has 0 saturated heterocycles. The van der Waals surface area contributed by atoms with Gasteiger partial charge in [0.1, 0.15) is 5.75 Å². The minimum atomic E-state index is -0.0118. The van der Waals surface area contributed by atoms with Crippen molar-refractivity contribution in [1.29, 1.82) is 0 Å². The lowest BCUT2D eigenvalue weighted by molar-refractivity contribution is 0.415. The third-order valence-electron chi connectivity index (χ3n) is 6.20. The minimum Gasteiger partial charge on any atom is -0.497 e. The van der Waals surface area contributed by atoms with Crippen LogP contribution in [0.15, 0.2) is 91.4 Å². The van der Waals surface area contributed by atoms with Gasteiger partial charge in [-0.3, -0.25) is 5.10 Å². The molecule has 0 aliphatic heterocycles. The van der Waals surface area contributed by atoms with E-state index in [1.54, 1.807) is 7.11 Å².